The molecule has 0 saturated carbocycles. The third kappa shape index (κ3) is 16.8. The maximum atomic E-state index is 5.83. The first-order valence-electron chi connectivity index (χ1n) is 21.5. The summed E-state index contributed by atoms with van der Waals surface area (Å²) >= 11 is 0. The first kappa shape index (κ1) is 46.5. The molecule has 0 spiro atoms. The molecule has 5 aromatic rings. The summed E-state index contributed by atoms with van der Waals surface area (Å²) in [5, 5.41) is 4.33. The molecule has 0 aromatic heterocycles. The van der Waals surface area contributed by atoms with Crippen molar-refractivity contribution in [2.75, 3.05) is 92.5 Å². The Bertz CT molecular complexity index is 1870. The van der Waals surface area contributed by atoms with Gasteiger partial charge in [-0.05, 0) is 69.8 Å². The summed E-state index contributed by atoms with van der Waals surface area (Å²) in [6.45, 7) is 13.7. The van der Waals surface area contributed by atoms with E-state index in [0.717, 1.165) is 93.8 Å². The lowest BCUT2D eigenvalue weighted by Crippen LogP contribution is -2.12. The van der Waals surface area contributed by atoms with Gasteiger partial charge in [-0.3, -0.25) is 0 Å². The molecule has 0 unspecified atom stereocenters. The number of hydrogen-bond acceptors (Lipinski definition) is 8. The molecule has 60 heavy (non-hydrogen) atoms. The van der Waals surface area contributed by atoms with E-state index in [2.05, 4.69) is 110 Å². The maximum absolute atomic E-state index is 5.83. The average Bonchev–Trinajstić information content (AvgIpc) is 3.28. The second-order valence-corrected chi connectivity index (χ2v) is 14.2. The van der Waals surface area contributed by atoms with Crippen LogP contribution in [0.2, 0.25) is 0 Å². The van der Waals surface area contributed by atoms with Gasteiger partial charge in [0, 0.05) is 35.5 Å². The number of benzene rings is 5. The Balaban J connectivity index is 1.09. The minimum atomic E-state index is 0.516. The lowest BCUT2D eigenvalue weighted by atomic mass is 9.92. The molecule has 0 aliphatic heterocycles. The SMILES string of the molecule is CCCCOCCOCCOCCOCc1ccc(C#Cc2c3ccccc3c(C#Cc3ccc(COCCOCCOCCOCCCC)cc3)c3ccccc23)cc1. The van der Waals surface area contributed by atoms with Crippen molar-refractivity contribution in [2.24, 2.45) is 0 Å². The third-order valence-corrected chi connectivity index (χ3v) is 9.56. The van der Waals surface area contributed by atoms with Gasteiger partial charge in [-0.15, -0.1) is 0 Å². The highest BCUT2D eigenvalue weighted by molar-refractivity contribution is 6.09. The number of fused-ring (bicyclic) bond motifs is 2. The van der Waals surface area contributed by atoms with E-state index in [1.165, 1.54) is 0 Å². The first-order chi connectivity index (χ1) is 29.8. The summed E-state index contributed by atoms with van der Waals surface area (Å²) in [5.41, 5.74) is 6.06. The van der Waals surface area contributed by atoms with Crippen molar-refractivity contribution in [3.63, 3.8) is 0 Å². The summed E-state index contributed by atoms with van der Waals surface area (Å²) in [7, 11) is 0. The van der Waals surface area contributed by atoms with Crippen molar-refractivity contribution >= 4 is 21.5 Å². The second-order valence-electron chi connectivity index (χ2n) is 14.2. The fraction of sp³-hybridized carbons (Fsp3) is 0.423. The lowest BCUT2D eigenvalue weighted by Gasteiger charge is -2.10. The van der Waals surface area contributed by atoms with Gasteiger partial charge in [0.25, 0.3) is 0 Å². The molecule has 0 saturated heterocycles. The molecular formula is C52H62O8. The van der Waals surface area contributed by atoms with Crippen molar-refractivity contribution in [1.82, 2.24) is 0 Å². The molecule has 0 aliphatic carbocycles. The van der Waals surface area contributed by atoms with Crippen LogP contribution in [0.5, 0.6) is 0 Å². The molecule has 0 aliphatic rings. The Labute approximate surface area is 357 Å². The average molecular weight is 815 g/mol. The Morgan fingerprint density at radius 3 is 0.900 bits per heavy atom. The van der Waals surface area contributed by atoms with Crippen molar-refractivity contribution in [1.29, 1.82) is 0 Å². The van der Waals surface area contributed by atoms with Crippen LogP contribution in [0.3, 0.4) is 0 Å². The number of hydrogen-bond donors (Lipinski definition) is 0. The van der Waals surface area contributed by atoms with Crippen LogP contribution < -0.4 is 0 Å². The van der Waals surface area contributed by atoms with Crippen LogP contribution in [0, 0.1) is 23.7 Å². The molecular weight excluding hydrogens is 753 g/mol. The molecule has 0 fully saturated rings. The molecule has 0 N–H and O–H groups in total. The highest BCUT2D eigenvalue weighted by atomic mass is 16.6. The van der Waals surface area contributed by atoms with Crippen LogP contribution in [0.15, 0.2) is 97.1 Å². The van der Waals surface area contributed by atoms with Crippen LogP contribution in [0.25, 0.3) is 21.5 Å². The zero-order valence-electron chi connectivity index (χ0n) is 35.6. The zero-order valence-corrected chi connectivity index (χ0v) is 35.6. The van der Waals surface area contributed by atoms with Crippen LogP contribution in [-0.4, -0.2) is 92.5 Å². The molecule has 0 atom stereocenters. The van der Waals surface area contributed by atoms with E-state index >= 15 is 0 Å². The van der Waals surface area contributed by atoms with Gasteiger partial charge in [0.05, 0.1) is 92.5 Å². The first-order valence-corrected chi connectivity index (χ1v) is 21.5. The van der Waals surface area contributed by atoms with Crippen molar-refractivity contribution in [3.8, 4) is 23.7 Å². The predicted molar refractivity (Wildman–Crippen MR) is 240 cm³/mol. The van der Waals surface area contributed by atoms with Gasteiger partial charge in [-0.1, -0.05) is 123 Å². The van der Waals surface area contributed by atoms with Crippen molar-refractivity contribution in [3.05, 3.63) is 130 Å². The maximum Gasteiger partial charge on any atom is 0.0718 e. The van der Waals surface area contributed by atoms with Crippen LogP contribution >= 0.6 is 0 Å². The van der Waals surface area contributed by atoms with Crippen molar-refractivity contribution in [2.45, 2.75) is 52.7 Å². The highest BCUT2D eigenvalue weighted by Gasteiger charge is 2.11. The largest absolute Gasteiger partial charge is 0.379 e. The van der Waals surface area contributed by atoms with E-state index in [9.17, 15) is 0 Å². The minimum Gasteiger partial charge on any atom is -0.379 e. The highest BCUT2D eigenvalue weighted by Crippen LogP contribution is 2.32. The Morgan fingerprint density at radius 1 is 0.317 bits per heavy atom. The summed E-state index contributed by atoms with van der Waals surface area (Å²) in [6.07, 6.45) is 4.46. The molecule has 0 radical (unpaired) electrons. The van der Waals surface area contributed by atoms with E-state index in [1.54, 1.807) is 0 Å². The normalized spacial score (nSPS) is 11.1. The molecule has 5 aromatic carbocycles. The number of ether oxygens (including phenoxy) is 8. The van der Waals surface area contributed by atoms with Gasteiger partial charge >= 0.3 is 0 Å². The zero-order chi connectivity index (χ0) is 41.7. The van der Waals surface area contributed by atoms with E-state index in [1.807, 2.05) is 24.3 Å². The van der Waals surface area contributed by atoms with E-state index in [4.69, 9.17) is 37.9 Å². The molecule has 0 amide bonds. The Kier molecular flexibility index (Phi) is 22.3. The van der Waals surface area contributed by atoms with Gasteiger partial charge in [0.1, 0.15) is 0 Å². The molecule has 0 bridgehead atoms. The Hall–Kier alpha value is -4.58. The smallest absolute Gasteiger partial charge is 0.0718 e. The minimum absolute atomic E-state index is 0.516. The second kappa shape index (κ2) is 28.8. The summed E-state index contributed by atoms with van der Waals surface area (Å²) in [6, 6.07) is 33.3. The van der Waals surface area contributed by atoms with Crippen molar-refractivity contribution < 1.29 is 37.9 Å². The monoisotopic (exact) mass is 814 g/mol. The van der Waals surface area contributed by atoms with Gasteiger partial charge in [-0.2, -0.15) is 0 Å². The Morgan fingerprint density at radius 2 is 0.600 bits per heavy atom. The summed E-state index contributed by atoms with van der Waals surface area (Å²) < 4.78 is 45.0. The number of unbranched alkanes of at least 4 members (excludes halogenated alkanes) is 2. The van der Waals surface area contributed by atoms with Crippen LogP contribution in [-0.2, 0) is 51.1 Å². The lowest BCUT2D eigenvalue weighted by molar-refractivity contribution is -0.00430. The van der Waals surface area contributed by atoms with Gasteiger partial charge in [-0.25, -0.2) is 0 Å². The molecule has 8 nitrogen and oxygen atoms in total. The topological polar surface area (TPSA) is 73.8 Å². The molecule has 0 heterocycles. The number of rotatable bonds is 28. The van der Waals surface area contributed by atoms with Gasteiger partial charge in [0.15, 0.2) is 0 Å². The third-order valence-electron chi connectivity index (χ3n) is 9.56. The van der Waals surface area contributed by atoms with E-state index < -0.39 is 0 Å². The van der Waals surface area contributed by atoms with E-state index in [-0.39, 0.29) is 0 Å². The molecule has 8 heteroatoms. The van der Waals surface area contributed by atoms with Gasteiger partial charge < -0.3 is 37.9 Å². The quantitative estimate of drug-likeness (QED) is 0.0281. The fourth-order valence-electron chi connectivity index (χ4n) is 6.23. The summed E-state index contributed by atoms with van der Waals surface area (Å²) in [5.74, 6) is 13.9. The predicted octanol–water partition coefficient (Wildman–Crippen LogP) is 9.53. The fourth-order valence-corrected chi connectivity index (χ4v) is 6.23. The summed E-state index contributed by atoms with van der Waals surface area (Å²) in [4.78, 5) is 0. The van der Waals surface area contributed by atoms with E-state index in [0.29, 0.717) is 92.5 Å². The standard InChI is InChI=1S/C52H62O8/c1-3-5-27-53-29-31-55-33-35-57-37-39-59-41-45-19-15-43(16-20-45)23-25-51-47-11-7-9-13-49(47)52(50-14-10-8-12-48(50)51)26-24-44-17-21-46(22-18-44)42-60-40-38-58-36-34-56-32-30-54-28-6-4-2/h7-22H,3-6,27-42H2,1-2H3. The van der Waals surface area contributed by atoms with Gasteiger partial charge in [0.2, 0.25) is 0 Å². The van der Waals surface area contributed by atoms with Crippen LogP contribution in [0.1, 0.15) is 72.9 Å². The molecule has 5 rings (SSSR count). The molecule has 318 valence electrons. The van der Waals surface area contributed by atoms with Crippen LogP contribution in [0.4, 0.5) is 0 Å².